The highest BCUT2D eigenvalue weighted by Crippen LogP contribution is 2.24. The van der Waals surface area contributed by atoms with Crippen LogP contribution in [0.5, 0.6) is 0 Å². The van der Waals surface area contributed by atoms with Crippen molar-refractivity contribution in [1.29, 1.82) is 0 Å². The van der Waals surface area contributed by atoms with E-state index in [4.69, 9.17) is 5.73 Å². The Balaban J connectivity index is 2.39. The van der Waals surface area contributed by atoms with Crippen molar-refractivity contribution in [1.82, 2.24) is 4.72 Å². The van der Waals surface area contributed by atoms with Crippen LogP contribution < -0.4 is 10.5 Å². The fourth-order valence-corrected chi connectivity index (χ4v) is 2.81. The Bertz CT molecular complexity index is 538. The lowest BCUT2D eigenvalue weighted by Crippen LogP contribution is -2.31. The van der Waals surface area contributed by atoms with Crippen LogP contribution in [-0.2, 0) is 10.0 Å². The monoisotopic (exact) mass is 266 g/mol. The summed E-state index contributed by atoms with van der Waals surface area (Å²) in [6, 6.07) is -0.255. The third-order valence-corrected chi connectivity index (χ3v) is 3.92. The van der Waals surface area contributed by atoms with E-state index >= 15 is 0 Å². The van der Waals surface area contributed by atoms with E-state index < -0.39 is 38.4 Å². The van der Waals surface area contributed by atoms with E-state index in [2.05, 4.69) is 0 Å². The van der Waals surface area contributed by atoms with Gasteiger partial charge in [-0.2, -0.15) is 0 Å². The molecule has 1 aliphatic carbocycles. The first-order valence-corrected chi connectivity index (χ1v) is 6.22. The average molecular weight is 266 g/mol. The summed E-state index contributed by atoms with van der Waals surface area (Å²) in [5.74, 6) is -4.12. The maximum atomic E-state index is 13.2. The van der Waals surface area contributed by atoms with Crippen LogP contribution in [0.15, 0.2) is 17.0 Å². The number of rotatable bonds is 3. The maximum Gasteiger partial charge on any atom is 0.246 e. The minimum absolute atomic E-state index is 0.310. The van der Waals surface area contributed by atoms with Gasteiger partial charge in [0.2, 0.25) is 10.0 Å². The van der Waals surface area contributed by atoms with Gasteiger partial charge in [0.25, 0.3) is 0 Å². The molecule has 1 aromatic rings. The summed E-state index contributed by atoms with van der Waals surface area (Å²) in [5, 5.41) is 0. The van der Waals surface area contributed by atoms with Gasteiger partial charge in [-0.1, -0.05) is 0 Å². The summed E-state index contributed by atoms with van der Waals surface area (Å²) < 4.78 is 64.4. The van der Waals surface area contributed by atoms with Crippen LogP contribution in [0.3, 0.4) is 0 Å². The zero-order valence-corrected chi connectivity index (χ0v) is 9.27. The molecule has 17 heavy (non-hydrogen) atoms. The Morgan fingerprint density at radius 3 is 2.12 bits per heavy atom. The lowest BCUT2D eigenvalue weighted by molar-refractivity contribution is 0.493. The van der Waals surface area contributed by atoms with Crippen LogP contribution in [-0.4, -0.2) is 20.5 Å². The molecule has 2 atom stereocenters. The molecule has 1 aliphatic rings. The zero-order chi connectivity index (χ0) is 12.8. The second-order valence-corrected chi connectivity index (χ2v) is 5.48. The topological polar surface area (TPSA) is 72.2 Å². The van der Waals surface area contributed by atoms with Crippen LogP contribution in [0.1, 0.15) is 6.42 Å². The molecule has 2 rings (SSSR count). The largest absolute Gasteiger partial charge is 0.326 e. The molecule has 3 N–H and O–H groups in total. The van der Waals surface area contributed by atoms with Crippen LogP contribution in [0, 0.1) is 17.5 Å². The summed E-state index contributed by atoms with van der Waals surface area (Å²) in [7, 11) is -4.35. The van der Waals surface area contributed by atoms with Crippen LogP contribution >= 0.6 is 0 Å². The number of hydrogen-bond acceptors (Lipinski definition) is 3. The van der Waals surface area contributed by atoms with Crippen LogP contribution in [0.4, 0.5) is 13.2 Å². The van der Waals surface area contributed by atoms with E-state index in [1.807, 2.05) is 4.72 Å². The predicted molar refractivity (Wildman–Crippen MR) is 53.0 cm³/mol. The smallest absolute Gasteiger partial charge is 0.246 e. The van der Waals surface area contributed by atoms with Crippen molar-refractivity contribution in [2.45, 2.75) is 23.4 Å². The summed E-state index contributed by atoms with van der Waals surface area (Å²) in [5.41, 5.74) is 5.38. The minimum atomic E-state index is -4.35. The molecular weight excluding hydrogens is 257 g/mol. The molecule has 0 spiro atoms. The highest BCUT2D eigenvalue weighted by Gasteiger charge is 2.39. The SMILES string of the molecule is NC1CC1NS(=O)(=O)c1c(F)cc(F)cc1F. The molecule has 0 heterocycles. The van der Waals surface area contributed by atoms with Crippen LogP contribution in [0.2, 0.25) is 0 Å². The van der Waals surface area contributed by atoms with Gasteiger partial charge in [0.15, 0.2) is 4.90 Å². The standard InChI is InChI=1S/C9H9F3N2O2S/c10-4-1-5(11)9(6(12)2-4)17(15,16)14-8-3-7(8)13/h1-2,7-8,14H,3,13H2. The fourth-order valence-electron chi connectivity index (χ4n) is 1.39. The second-order valence-electron chi connectivity index (χ2n) is 3.83. The Morgan fingerprint density at radius 1 is 1.24 bits per heavy atom. The molecule has 8 heteroatoms. The van der Waals surface area contributed by atoms with Gasteiger partial charge in [0.05, 0.1) is 0 Å². The fraction of sp³-hybridized carbons (Fsp3) is 0.333. The number of benzene rings is 1. The number of nitrogens with two attached hydrogens (primary N) is 1. The lowest BCUT2D eigenvalue weighted by atomic mass is 10.3. The van der Waals surface area contributed by atoms with Crippen molar-refractivity contribution in [2.24, 2.45) is 5.73 Å². The van der Waals surface area contributed by atoms with Crippen molar-refractivity contribution < 1.29 is 21.6 Å². The number of hydrogen-bond donors (Lipinski definition) is 2. The van der Waals surface area contributed by atoms with E-state index in [0.29, 0.717) is 18.6 Å². The maximum absolute atomic E-state index is 13.2. The summed E-state index contributed by atoms with van der Waals surface area (Å²) in [6.07, 6.45) is 0.406. The molecule has 4 nitrogen and oxygen atoms in total. The van der Waals surface area contributed by atoms with E-state index in [-0.39, 0.29) is 6.04 Å². The third kappa shape index (κ3) is 2.43. The van der Waals surface area contributed by atoms with E-state index in [1.165, 1.54) is 0 Å². The van der Waals surface area contributed by atoms with Crippen molar-refractivity contribution in [3.05, 3.63) is 29.6 Å². The number of halogens is 3. The second kappa shape index (κ2) is 3.97. The molecule has 1 aromatic carbocycles. The molecule has 0 aliphatic heterocycles. The van der Waals surface area contributed by atoms with Gasteiger partial charge in [-0.25, -0.2) is 26.3 Å². The molecule has 0 radical (unpaired) electrons. The van der Waals surface area contributed by atoms with E-state index in [0.717, 1.165) is 0 Å². The molecule has 94 valence electrons. The summed E-state index contributed by atoms with van der Waals surface area (Å²) in [4.78, 5) is -1.18. The molecule has 1 saturated carbocycles. The Labute approximate surface area is 95.7 Å². The number of sulfonamides is 1. The van der Waals surface area contributed by atoms with Gasteiger partial charge in [0.1, 0.15) is 17.5 Å². The van der Waals surface area contributed by atoms with Gasteiger partial charge in [-0.3, -0.25) is 0 Å². The highest BCUT2D eigenvalue weighted by atomic mass is 32.2. The van der Waals surface area contributed by atoms with E-state index in [1.54, 1.807) is 0 Å². The van der Waals surface area contributed by atoms with Gasteiger partial charge < -0.3 is 5.73 Å². The molecule has 0 saturated heterocycles. The van der Waals surface area contributed by atoms with Crippen molar-refractivity contribution in [3.8, 4) is 0 Å². The van der Waals surface area contributed by atoms with Gasteiger partial charge in [-0.05, 0) is 6.42 Å². The predicted octanol–water partition coefficient (Wildman–Crippen LogP) is 0.482. The van der Waals surface area contributed by atoms with Crippen molar-refractivity contribution in [2.75, 3.05) is 0 Å². The minimum Gasteiger partial charge on any atom is -0.326 e. The first kappa shape index (κ1) is 12.3. The van der Waals surface area contributed by atoms with Crippen LogP contribution in [0.25, 0.3) is 0 Å². The normalized spacial score (nSPS) is 23.8. The molecule has 1 fully saturated rings. The third-order valence-electron chi connectivity index (χ3n) is 2.38. The molecule has 0 amide bonds. The van der Waals surface area contributed by atoms with Crippen molar-refractivity contribution in [3.63, 3.8) is 0 Å². The first-order valence-electron chi connectivity index (χ1n) is 4.74. The van der Waals surface area contributed by atoms with Crippen molar-refractivity contribution >= 4 is 10.0 Å². The molecule has 2 unspecified atom stereocenters. The quantitative estimate of drug-likeness (QED) is 0.836. The van der Waals surface area contributed by atoms with Gasteiger partial charge in [0, 0.05) is 24.2 Å². The number of nitrogens with one attached hydrogen (secondary N) is 1. The highest BCUT2D eigenvalue weighted by molar-refractivity contribution is 7.89. The molecule has 0 bridgehead atoms. The van der Waals surface area contributed by atoms with E-state index in [9.17, 15) is 21.6 Å². The van der Waals surface area contributed by atoms with Gasteiger partial charge >= 0.3 is 0 Å². The zero-order valence-electron chi connectivity index (χ0n) is 8.45. The molecular formula is C9H9F3N2O2S. The summed E-state index contributed by atoms with van der Waals surface area (Å²) >= 11 is 0. The average Bonchev–Trinajstić information content (AvgIpc) is 2.76. The molecule has 0 aromatic heterocycles. The first-order chi connectivity index (χ1) is 7.81. The Kier molecular flexibility index (Phi) is 2.88. The Morgan fingerprint density at radius 2 is 1.71 bits per heavy atom. The van der Waals surface area contributed by atoms with Gasteiger partial charge in [-0.15, -0.1) is 0 Å². The Hall–Kier alpha value is -1.12. The summed E-state index contributed by atoms with van der Waals surface area (Å²) in [6.45, 7) is 0. The lowest BCUT2D eigenvalue weighted by Gasteiger charge is -2.08.